The van der Waals surface area contributed by atoms with E-state index in [0.717, 1.165) is 16.9 Å². The number of aromatic nitrogens is 4. The van der Waals surface area contributed by atoms with Crippen LogP contribution in [0.3, 0.4) is 0 Å². The third-order valence-electron chi connectivity index (χ3n) is 8.11. The van der Waals surface area contributed by atoms with Gasteiger partial charge in [0.2, 0.25) is 0 Å². The highest BCUT2D eigenvalue weighted by Crippen LogP contribution is 2.36. The van der Waals surface area contributed by atoms with Crippen LogP contribution in [0.25, 0.3) is 17.5 Å². The van der Waals surface area contributed by atoms with Crippen molar-refractivity contribution in [3.8, 4) is 17.1 Å². The lowest BCUT2D eigenvalue weighted by atomic mass is 9.94. The number of halogens is 1. The first-order valence-corrected chi connectivity index (χ1v) is 18.2. The minimum Gasteiger partial charge on any atom is -0.497 e. The molecular formula is C36H33ClN6O6S2. The Morgan fingerprint density at radius 1 is 1.10 bits per heavy atom. The molecule has 0 aliphatic carbocycles. The zero-order valence-corrected chi connectivity index (χ0v) is 30.6. The highest BCUT2D eigenvalue weighted by atomic mass is 35.5. The fourth-order valence-corrected chi connectivity index (χ4v) is 8.01. The Hall–Kier alpha value is -5.05. The molecule has 15 heteroatoms. The van der Waals surface area contributed by atoms with E-state index in [4.69, 9.17) is 26.1 Å². The molecule has 0 radical (unpaired) electrons. The number of nitro benzene ring substituents is 1. The maximum atomic E-state index is 14.4. The number of ether oxygens (including phenoxy) is 2. The average molecular weight is 745 g/mol. The lowest BCUT2D eigenvalue weighted by Gasteiger charge is -2.26. The monoisotopic (exact) mass is 744 g/mol. The topological polar surface area (TPSA) is 144 Å². The number of hydrogen-bond acceptors (Lipinski definition) is 11. The zero-order valence-electron chi connectivity index (χ0n) is 28.2. The Morgan fingerprint density at radius 2 is 1.90 bits per heavy atom. The highest BCUT2D eigenvalue weighted by molar-refractivity contribution is 7.99. The normalized spacial score (nSPS) is 14.3. The summed E-state index contributed by atoms with van der Waals surface area (Å²) in [6.45, 7) is 6.38. The summed E-state index contributed by atoms with van der Waals surface area (Å²) in [6, 6.07) is 18.1. The number of non-ortho nitro benzene ring substituents is 1. The van der Waals surface area contributed by atoms with Gasteiger partial charge in [0.05, 0.1) is 40.5 Å². The Morgan fingerprint density at radius 3 is 2.61 bits per heavy atom. The number of allylic oxidation sites excluding steroid dienone is 1. The summed E-state index contributed by atoms with van der Waals surface area (Å²) < 4.78 is 14.7. The minimum absolute atomic E-state index is 0.140. The van der Waals surface area contributed by atoms with Gasteiger partial charge in [-0.2, -0.15) is 0 Å². The SMILES string of the molecule is CCCC1=C(C(=O)OCC)[C@@H](c2cccc(OC)c2)n2c(s/c(=C/c3cc([N+](=O)[O-])ccc3Sc3nnc(-c4cccc(Cl)c4)n3CC)c2=O)=N1. The summed E-state index contributed by atoms with van der Waals surface area (Å²) in [5.74, 6) is 0.627. The molecule has 1 aliphatic heterocycles. The number of nitro groups is 1. The number of thiazole rings is 1. The van der Waals surface area contributed by atoms with Crippen LogP contribution in [0.15, 0.2) is 97.8 Å². The first-order valence-electron chi connectivity index (χ1n) is 16.2. The van der Waals surface area contributed by atoms with Crippen molar-refractivity contribution in [3.05, 3.63) is 124 Å². The molecule has 0 N–H and O–H groups in total. The number of methoxy groups -OCH3 is 1. The van der Waals surface area contributed by atoms with Gasteiger partial charge >= 0.3 is 5.97 Å². The van der Waals surface area contributed by atoms with Gasteiger partial charge in [-0.05, 0) is 79.6 Å². The number of benzene rings is 3. The zero-order chi connectivity index (χ0) is 36.2. The molecular weight excluding hydrogens is 712 g/mol. The van der Waals surface area contributed by atoms with E-state index in [-0.39, 0.29) is 22.4 Å². The average Bonchev–Trinajstić information content (AvgIpc) is 3.67. The van der Waals surface area contributed by atoms with E-state index in [0.29, 0.717) is 67.7 Å². The predicted octanol–water partition coefficient (Wildman–Crippen LogP) is 6.58. The Balaban J connectivity index is 1.52. The molecule has 0 unspecified atom stereocenters. The Bertz CT molecular complexity index is 2370. The van der Waals surface area contributed by atoms with Gasteiger partial charge in [-0.25, -0.2) is 9.79 Å². The second-order valence-corrected chi connectivity index (χ2v) is 13.8. The van der Waals surface area contributed by atoms with Crippen molar-refractivity contribution in [2.24, 2.45) is 4.99 Å². The van der Waals surface area contributed by atoms with Crippen molar-refractivity contribution in [3.63, 3.8) is 0 Å². The third-order valence-corrected chi connectivity index (χ3v) is 10.4. The van der Waals surface area contributed by atoms with Gasteiger partial charge in [0.15, 0.2) is 15.8 Å². The Kier molecular flexibility index (Phi) is 10.8. The molecule has 1 aliphatic rings. The molecule has 3 heterocycles. The number of esters is 1. The maximum Gasteiger partial charge on any atom is 0.338 e. The van der Waals surface area contributed by atoms with E-state index in [2.05, 4.69) is 10.2 Å². The van der Waals surface area contributed by atoms with E-state index in [1.54, 1.807) is 56.5 Å². The molecule has 0 bridgehead atoms. The summed E-state index contributed by atoms with van der Waals surface area (Å²) in [7, 11) is 1.55. The second-order valence-electron chi connectivity index (χ2n) is 11.3. The largest absolute Gasteiger partial charge is 0.497 e. The second kappa shape index (κ2) is 15.5. The predicted molar refractivity (Wildman–Crippen MR) is 196 cm³/mol. The van der Waals surface area contributed by atoms with E-state index < -0.39 is 22.5 Å². The van der Waals surface area contributed by atoms with Gasteiger partial charge < -0.3 is 14.0 Å². The fraction of sp³-hybridized carbons (Fsp3) is 0.250. The van der Waals surface area contributed by atoms with Crippen LogP contribution < -0.4 is 19.6 Å². The molecule has 6 rings (SSSR count). The molecule has 12 nitrogen and oxygen atoms in total. The van der Waals surface area contributed by atoms with Gasteiger partial charge in [0, 0.05) is 34.2 Å². The van der Waals surface area contributed by atoms with Gasteiger partial charge in [-0.15, -0.1) is 10.2 Å². The molecule has 0 amide bonds. The molecule has 1 atom stereocenters. The minimum atomic E-state index is -0.842. The number of nitrogens with zero attached hydrogens (tertiary/aromatic N) is 6. The number of carbonyl (C=O) groups is 1. The van der Waals surface area contributed by atoms with Crippen LogP contribution in [0.1, 0.15) is 50.8 Å². The van der Waals surface area contributed by atoms with E-state index in [9.17, 15) is 19.7 Å². The summed E-state index contributed by atoms with van der Waals surface area (Å²) in [6.07, 6.45) is 2.82. The standard InChI is InChI=1S/C36H33ClN6O6S2/c1-5-10-27-30(34(45)49-7-3)31(21-11-9-14-26(19-21)48-4)42-33(44)29(51-35(42)38-27)20-23-18-25(43(46)47)15-16-28(23)50-36-40-39-32(41(36)6-2)22-12-8-13-24(37)17-22/h8-9,11-20,31H,5-7,10H2,1-4H3/b29-20+/t31-/m1/s1. The van der Waals surface area contributed by atoms with E-state index in [1.165, 1.54) is 28.5 Å². The number of rotatable bonds is 12. The van der Waals surface area contributed by atoms with Crippen molar-refractivity contribution < 1.29 is 19.2 Å². The van der Waals surface area contributed by atoms with Crippen LogP contribution in [0.5, 0.6) is 5.75 Å². The van der Waals surface area contributed by atoms with Crippen molar-refractivity contribution >= 4 is 52.4 Å². The molecule has 0 spiro atoms. The van der Waals surface area contributed by atoms with Crippen LogP contribution in [0.2, 0.25) is 5.02 Å². The number of hydrogen-bond donors (Lipinski definition) is 0. The van der Waals surface area contributed by atoms with Crippen molar-refractivity contribution in [2.75, 3.05) is 13.7 Å². The van der Waals surface area contributed by atoms with Crippen LogP contribution in [-0.4, -0.2) is 43.9 Å². The number of carbonyl (C=O) groups excluding carboxylic acids is 1. The lowest BCUT2D eigenvalue weighted by molar-refractivity contribution is -0.384. The van der Waals surface area contributed by atoms with Crippen LogP contribution in [0.4, 0.5) is 5.69 Å². The summed E-state index contributed by atoms with van der Waals surface area (Å²) >= 11 is 8.67. The first-order chi connectivity index (χ1) is 24.7. The van der Waals surface area contributed by atoms with E-state index in [1.807, 2.05) is 36.6 Å². The van der Waals surface area contributed by atoms with Gasteiger partial charge in [0.25, 0.3) is 11.2 Å². The molecule has 2 aromatic heterocycles. The van der Waals surface area contributed by atoms with Gasteiger partial charge in [-0.3, -0.25) is 19.5 Å². The summed E-state index contributed by atoms with van der Waals surface area (Å²) in [4.78, 5) is 45.2. The van der Waals surface area contributed by atoms with Crippen molar-refractivity contribution in [1.82, 2.24) is 19.3 Å². The lowest BCUT2D eigenvalue weighted by Crippen LogP contribution is -2.40. The maximum absolute atomic E-state index is 14.4. The van der Waals surface area contributed by atoms with Gasteiger partial charge in [0.1, 0.15) is 5.75 Å². The molecule has 0 fully saturated rings. The smallest absolute Gasteiger partial charge is 0.338 e. The summed E-state index contributed by atoms with van der Waals surface area (Å²) in [5.41, 5.74) is 2.15. The molecule has 0 saturated carbocycles. The molecule has 5 aromatic rings. The molecule has 3 aromatic carbocycles. The molecule has 0 saturated heterocycles. The van der Waals surface area contributed by atoms with Crippen molar-refractivity contribution in [2.45, 2.75) is 56.3 Å². The third kappa shape index (κ3) is 7.25. The van der Waals surface area contributed by atoms with Crippen LogP contribution in [0, 0.1) is 10.1 Å². The van der Waals surface area contributed by atoms with Gasteiger partial charge in [-0.1, -0.05) is 60.5 Å². The first kappa shape index (κ1) is 35.8. The molecule has 262 valence electrons. The van der Waals surface area contributed by atoms with Crippen LogP contribution in [-0.2, 0) is 16.1 Å². The Labute approximate surface area is 305 Å². The fourth-order valence-electron chi connectivity index (χ4n) is 5.83. The summed E-state index contributed by atoms with van der Waals surface area (Å²) in [5, 5.41) is 21.9. The van der Waals surface area contributed by atoms with Crippen molar-refractivity contribution in [1.29, 1.82) is 0 Å². The number of fused-ring (bicyclic) bond motifs is 1. The highest BCUT2D eigenvalue weighted by Gasteiger charge is 2.34. The van der Waals surface area contributed by atoms with E-state index >= 15 is 0 Å². The van der Waals surface area contributed by atoms with Crippen LogP contribution >= 0.6 is 34.7 Å². The molecule has 51 heavy (non-hydrogen) atoms. The quantitative estimate of drug-likeness (QED) is 0.0786.